The van der Waals surface area contributed by atoms with Crippen LogP contribution < -0.4 is 10.6 Å². The van der Waals surface area contributed by atoms with Gasteiger partial charge in [-0.25, -0.2) is 0 Å². The second-order valence-corrected chi connectivity index (χ2v) is 15.5. The number of carbonyl (C=O) groups excluding carboxylic acids is 2. The third-order valence-electron chi connectivity index (χ3n) is 10.9. The van der Waals surface area contributed by atoms with Gasteiger partial charge >= 0.3 is 0 Å². The molecule has 0 bridgehead atoms. The molecule has 2 heterocycles. The Kier molecular flexibility index (Phi) is 13.8. The van der Waals surface area contributed by atoms with E-state index in [2.05, 4.69) is 80.5 Å². The number of allylic oxidation sites excluding steroid dienone is 2. The summed E-state index contributed by atoms with van der Waals surface area (Å²) < 4.78 is 3.62. The molecule has 2 N–H and O–H groups in total. The first-order valence-electron chi connectivity index (χ1n) is 18.1. The number of aryl methyl sites for hydroxylation is 1. The summed E-state index contributed by atoms with van der Waals surface area (Å²) in [7, 11) is 3.67. The molecule has 4 unspecified atom stereocenters. The maximum absolute atomic E-state index is 13.1. The Balaban J connectivity index is 1.09. The zero-order chi connectivity index (χ0) is 38.4. The lowest BCUT2D eigenvalue weighted by molar-refractivity contribution is 0.0939. The number of amides is 2. The number of rotatable bonds is 15. The van der Waals surface area contributed by atoms with Crippen LogP contribution in [-0.2, 0) is 20.5 Å². The molecule has 2 amide bonds. The highest BCUT2D eigenvalue weighted by atomic mass is 35.5. The van der Waals surface area contributed by atoms with Crippen molar-refractivity contribution in [3.8, 4) is 0 Å². The molecule has 1 aliphatic carbocycles. The number of carbonyl (C=O) groups is 2. The Bertz CT molecular complexity index is 2070. The van der Waals surface area contributed by atoms with Gasteiger partial charge in [-0.05, 0) is 90.0 Å². The van der Waals surface area contributed by atoms with Gasteiger partial charge in [-0.2, -0.15) is 0 Å². The van der Waals surface area contributed by atoms with Crippen molar-refractivity contribution in [2.24, 2.45) is 31.8 Å². The average Bonchev–Trinajstić information content (AvgIpc) is 3.70. The van der Waals surface area contributed by atoms with Crippen LogP contribution in [0.2, 0.25) is 10.0 Å². The van der Waals surface area contributed by atoms with Crippen LogP contribution in [-0.4, -0.2) is 34.0 Å². The first-order chi connectivity index (χ1) is 25.4. The predicted octanol–water partition coefficient (Wildman–Crippen LogP) is 11.3. The molecule has 0 fully saturated rings. The third kappa shape index (κ3) is 9.17. The van der Waals surface area contributed by atoms with Crippen molar-refractivity contribution >= 4 is 80.2 Å². The third-order valence-corrected chi connectivity index (χ3v) is 12.4. The first kappa shape index (κ1) is 40.5. The molecule has 0 saturated heterocycles. The Morgan fingerprint density at radius 2 is 1.70 bits per heavy atom. The van der Waals surface area contributed by atoms with Crippen LogP contribution in [0.4, 0.5) is 0 Å². The fourth-order valence-corrected chi connectivity index (χ4v) is 8.04. The first-order valence-corrected chi connectivity index (χ1v) is 19.7. The average molecular weight is 795 g/mol. The summed E-state index contributed by atoms with van der Waals surface area (Å²) in [5, 5.41) is 8.16. The number of nitrogens with one attached hydrogen (secondary N) is 2. The van der Waals surface area contributed by atoms with Crippen LogP contribution >= 0.6 is 46.4 Å². The molecule has 53 heavy (non-hydrogen) atoms. The van der Waals surface area contributed by atoms with E-state index >= 15 is 0 Å². The standard InChI is InChI=1S/C43H48Cl4N4O2/c1-7-30(32-15-11-29(12-16-32)25-49-43(53)39-22-33(36(46)24-44)37(8-2)50(39)5)21-26(3)27(4)31-13-9-28(10-14-31)19-20-48-42(52)40-23-34-38(51(40)6)18-17-35(45)41(34)47/h8-15,17-18,22-24,26-27,30,32H,2,7,16,19-21,25H2,1,3-6H3,(H,48,52)(H,49,53)/b36-24-. The number of hydrogen-bond donors (Lipinski definition) is 2. The quantitative estimate of drug-likeness (QED) is 0.126. The molecule has 280 valence electrons. The van der Waals surface area contributed by atoms with Gasteiger partial charge in [-0.1, -0.05) is 123 Å². The number of benzene rings is 2. The van der Waals surface area contributed by atoms with E-state index in [1.165, 1.54) is 16.7 Å². The van der Waals surface area contributed by atoms with Crippen molar-refractivity contribution < 1.29 is 9.59 Å². The molecular weight excluding hydrogens is 746 g/mol. The molecule has 6 nitrogen and oxygen atoms in total. The lowest BCUT2D eigenvalue weighted by Crippen LogP contribution is -2.28. The number of halogens is 4. The lowest BCUT2D eigenvalue weighted by atomic mass is 9.75. The Labute approximate surface area is 333 Å². The molecule has 5 rings (SSSR count). The molecule has 0 radical (unpaired) electrons. The van der Waals surface area contributed by atoms with Crippen molar-refractivity contribution in [2.45, 2.75) is 52.4 Å². The molecule has 0 spiro atoms. The van der Waals surface area contributed by atoms with Crippen LogP contribution in [0.25, 0.3) is 22.0 Å². The minimum absolute atomic E-state index is 0.140. The summed E-state index contributed by atoms with van der Waals surface area (Å²) in [5.41, 5.74) is 8.21. The molecule has 4 aromatic rings. The van der Waals surface area contributed by atoms with Gasteiger partial charge in [0.2, 0.25) is 0 Å². The van der Waals surface area contributed by atoms with E-state index in [1.54, 1.807) is 28.8 Å². The topological polar surface area (TPSA) is 68.1 Å². The van der Waals surface area contributed by atoms with Gasteiger partial charge in [-0.3, -0.25) is 9.59 Å². The second-order valence-electron chi connectivity index (χ2n) is 14.1. The van der Waals surface area contributed by atoms with Crippen molar-refractivity contribution in [2.75, 3.05) is 13.1 Å². The van der Waals surface area contributed by atoms with Gasteiger partial charge in [0.05, 0.1) is 15.1 Å². The monoisotopic (exact) mass is 792 g/mol. The zero-order valence-corrected chi connectivity index (χ0v) is 34.0. The maximum atomic E-state index is 13.1. The maximum Gasteiger partial charge on any atom is 0.268 e. The van der Waals surface area contributed by atoms with E-state index in [0.717, 1.165) is 47.9 Å². The Hall–Kier alpha value is -3.68. The van der Waals surface area contributed by atoms with Crippen molar-refractivity contribution in [3.63, 3.8) is 0 Å². The summed E-state index contributed by atoms with van der Waals surface area (Å²) in [6.07, 6.45) is 12.4. The lowest BCUT2D eigenvalue weighted by Gasteiger charge is -2.30. The molecule has 0 saturated carbocycles. The molecule has 4 atom stereocenters. The van der Waals surface area contributed by atoms with Gasteiger partial charge in [0.25, 0.3) is 11.8 Å². The highest BCUT2D eigenvalue weighted by molar-refractivity contribution is 6.53. The summed E-state index contributed by atoms with van der Waals surface area (Å²) in [5.74, 6) is 1.62. The smallest absolute Gasteiger partial charge is 0.268 e. The normalized spacial score (nSPS) is 16.3. The minimum atomic E-state index is -0.180. The molecular formula is C43H48Cl4N4O2. The second kappa shape index (κ2) is 18.1. The largest absolute Gasteiger partial charge is 0.350 e. The van der Waals surface area contributed by atoms with Gasteiger partial charge in [0, 0.05) is 54.9 Å². The van der Waals surface area contributed by atoms with E-state index in [-0.39, 0.29) is 11.8 Å². The number of hydrogen-bond acceptors (Lipinski definition) is 2. The van der Waals surface area contributed by atoms with E-state index in [1.807, 2.05) is 24.7 Å². The Morgan fingerprint density at radius 1 is 1.00 bits per heavy atom. The number of fused-ring (bicyclic) bond motifs is 1. The van der Waals surface area contributed by atoms with E-state index in [4.69, 9.17) is 46.4 Å². The van der Waals surface area contributed by atoms with Gasteiger partial charge in [-0.15, -0.1) is 0 Å². The van der Waals surface area contributed by atoms with Crippen LogP contribution in [0.1, 0.15) is 89.3 Å². The molecule has 0 aliphatic heterocycles. The van der Waals surface area contributed by atoms with Gasteiger partial charge in [0.1, 0.15) is 11.4 Å². The van der Waals surface area contributed by atoms with Crippen LogP contribution in [0.3, 0.4) is 0 Å². The number of aromatic nitrogens is 2. The van der Waals surface area contributed by atoms with Crippen LogP contribution in [0.15, 0.2) is 84.4 Å². The van der Waals surface area contributed by atoms with Crippen LogP contribution in [0, 0.1) is 17.8 Å². The minimum Gasteiger partial charge on any atom is -0.350 e. The van der Waals surface area contributed by atoms with E-state index in [0.29, 0.717) is 68.8 Å². The summed E-state index contributed by atoms with van der Waals surface area (Å²) >= 11 is 24.6. The fraction of sp³-hybridized carbons (Fsp3) is 0.349. The van der Waals surface area contributed by atoms with Crippen molar-refractivity contribution in [1.82, 2.24) is 19.8 Å². The van der Waals surface area contributed by atoms with Crippen molar-refractivity contribution in [3.05, 3.63) is 128 Å². The molecule has 2 aromatic heterocycles. The van der Waals surface area contributed by atoms with Gasteiger partial charge in [0.15, 0.2) is 0 Å². The molecule has 10 heteroatoms. The summed E-state index contributed by atoms with van der Waals surface area (Å²) in [6, 6.07) is 16.0. The highest BCUT2D eigenvalue weighted by Crippen LogP contribution is 2.36. The Morgan fingerprint density at radius 3 is 2.34 bits per heavy atom. The summed E-state index contributed by atoms with van der Waals surface area (Å²) in [4.78, 5) is 26.1. The zero-order valence-electron chi connectivity index (χ0n) is 31.0. The SMILES string of the molecule is C=Cc1c(/C(Cl)=C/Cl)cc(C(=O)NCC2=CCC(C(CC)CC(C)C(C)c3ccc(CCNC(=O)c4cc5c(Cl)c(Cl)ccc5n4C)cc3)C=C2)n1C. The fourth-order valence-electron chi connectivity index (χ4n) is 7.39. The predicted molar refractivity (Wildman–Crippen MR) is 224 cm³/mol. The van der Waals surface area contributed by atoms with Crippen molar-refractivity contribution in [1.29, 1.82) is 0 Å². The van der Waals surface area contributed by atoms with E-state index < -0.39 is 0 Å². The van der Waals surface area contributed by atoms with Gasteiger partial charge < -0.3 is 19.8 Å². The van der Waals surface area contributed by atoms with E-state index in [9.17, 15) is 9.59 Å². The van der Waals surface area contributed by atoms with Crippen LogP contribution in [0.5, 0.6) is 0 Å². The summed E-state index contributed by atoms with van der Waals surface area (Å²) in [6.45, 7) is 11.8. The number of nitrogens with zero attached hydrogens (tertiary/aromatic N) is 2. The molecule has 2 aromatic carbocycles. The molecule has 1 aliphatic rings. The highest BCUT2D eigenvalue weighted by Gasteiger charge is 2.25.